The molecule has 1 fully saturated rings. The molecular formula is C22H25N5O5S. The second-order valence-electron chi connectivity index (χ2n) is 8.32. The van der Waals surface area contributed by atoms with Gasteiger partial charge in [0.05, 0.1) is 34.0 Å². The molecule has 0 radical (unpaired) electrons. The lowest BCUT2D eigenvalue weighted by Crippen LogP contribution is -2.42. The van der Waals surface area contributed by atoms with E-state index in [2.05, 4.69) is 10.3 Å². The van der Waals surface area contributed by atoms with E-state index in [-0.39, 0.29) is 12.3 Å². The lowest BCUT2D eigenvalue weighted by molar-refractivity contribution is 0.148. The van der Waals surface area contributed by atoms with Gasteiger partial charge >= 0.3 is 6.09 Å². The summed E-state index contributed by atoms with van der Waals surface area (Å²) in [5.41, 5.74) is 2.35. The van der Waals surface area contributed by atoms with Crippen LogP contribution in [0.25, 0.3) is 10.9 Å². The largest absolute Gasteiger partial charge is 0.465 e. The molecule has 0 spiro atoms. The lowest BCUT2D eigenvalue weighted by Gasteiger charge is -2.32. The molecule has 5 N–H and O–H groups in total. The Hall–Kier alpha value is -3.12. The summed E-state index contributed by atoms with van der Waals surface area (Å²) in [5, 5.41) is 22.7. The van der Waals surface area contributed by atoms with Crippen LogP contribution < -0.4 is 15.1 Å². The number of benzene rings is 1. The number of pyridine rings is 2. The molecule has 4 heterocycles. The van der Waals surface area contributed by atoms with Gasteiger partial charge < -0.3 is 25.3 Å². The first-order valence-corrected chi connectivity index (χ1v) is 12.3. The first-order valence-electron chi connectivity index (χ1n) is 10.6. The summed E-state index contributed by atoms with van der Waals surface area (Å²) < 4.78 is 21.4. The van der Waals surface area contributed by atoms with Gasteiger partial charge in [0.15, 0.2) is 0 Å². The number of aromatic nitrogens is 2. The molecule has 1 amide bonds. The van der Waals surface area contributed by atoms with Crippen molar-refractivity contribution in [1.82, 2.24) is 15.3 Å². The number of carbonyl (C=O) groups is 1. The molecule has 11 heteroatoms. The van der Waals surface area contributed by atoms with Crippen LogP contribution in [0.3, 0.4) is 0 Å². The average Bonchev–Trinajstić information content (AvgIpc) is 3.08. The third-order valence-corrected chi connectivity index (χ3v) is 8.02. The predicted molar refractivity (Wildman–Crippen MR) is 126 cm³/mol. The van der Waals surface area contributed by atoms with E-state index in [1.54, 1.807) is 24.5 Å². The summed E-state index contributed by atoms with van der Waals surface area (Å²) in [5.74, 6) is 0.863. The van der Waals surface area contributed by atoms with E-state index >= 15 is 0 Å². The quantitative estimate of drug-likeness (QED) is 0.389. The molecule has 1 saturated heterocycles. The summed E-state index contributed by atoms with van der Waals surface area (Å²) in [7, 11) is -2.90. The number of anilines is 2. The SMILES string of the molecule is O=C(O)NC1CN(c2cc(N3CCS(O)(O)c4ccccc4C3)nc3ccncc23)CC1O. The van der Waals surface area contributed by atoms with E-state index in [4.69, 9.17) is 10.1 Å². The topological polar surface area (TPSA) is 142 Å². The zero-order valence-corrected chi connectivity index (χ0v) is 18.5. The van der Waals surface area contributed by atoms with E-state index in [9.17, 15) is 19.0 Å². The number of amides is 1. The van der Waals surface area contributed by atoms with Gasteiger partial charge in [-0.3, -0.25) is 14.1 Å². The highest BCUT2D eigenvalue weighted by atomic mass is 32.3. The molecule has 0 saturated carbocycles. The van der Waals surface area contributed by atoms with Crippen molar-refractivity contribution < 1.29 is 24.1 Å². The van der Waals surface area contributed by atoms with Gasteiger partial charge in [0.2, 0.25) is 0 Å². The fraction of sp³-hybridized carbons (Fsp3) is 0.318. The number of hydrogen-bond donors (Lipinski definition) is 5. The Kier molecular flexibility index (Phi) is 5.49. The van der Waals surface area contributed by atoms with Crippen LogP contribution >= 0.6 is 10.6 Å². The second kappa shape index (κ2) is 8.34. The van der Waals surface area contributed by atoms with Gasteiger partial charge in [0, 0.05) is 50.0 Å². The van der Waals surface area contributed by atoms with Crippen LogP contribution in [0.4, 0.5) is 16.3 Å². The first kappa shape index (κ1) is 21.7. The molecule has 0 aliphatic carbocycles. The fourth-order valence-electron chi connectivity index (χ4n) is 4.53. The maximum absolute atomic E-state index is 11.1. The summed E-state index contributed by atoms with van der Waals surface area (Å²) in [6.07, 6.45) is 1.35. The minimum atomic E-state index is -2.90. The molecule has 33 heavy (non-hydrogen) atoms. The predicted octanol–water partition coefficient (Wildman–Crippen LogP) is 2.58. The number of β-amino-alcohol motifs (C(OH)–C–C–N with tert-alkyl or cyclic N) is 1. The number of rotatable bonds is 3. The number of hydrogen-bond acceptors (Lipinski definition) is 8. The van der Waals surface area contributed by atoms with Crippen molar-refractivity contribution in [3.05, 3.63) is 54.4 Å². The van der Waals surface area contributed by atoms with Crippen molar-refractivity contribution in [1.29, 1.82) is 0 Å². The van der Waals surface area contributed by atoms with Crippen LogP contribution in [0.2, 0.25) is 0 Å². The van der Waals surface area contributed by atoms with E-state index in [1.807, 2.05) is 34.1 Å². The normalized spacial score (nSPS) is 23.1. The van der Waals surface area contributed by atoms with Crippen LogP contribution in [0.1, 0.15) is 5.56 Å². The fourth-order valence-corrected chi connectivity index (χ4v) is 6.07. The Labute approximate surface area is 191 Å². The van der Waals surface area contributed by atoms with Crippen molar-refractivity contribution in [2.45, 2.75) is 23.6 Å². The van der Waals surface area contributed by atoms with Crippen molar-refractivity contribution in [2.24, 2.45) is 0 Å². The highest BCUT2D eigenvalue weighted by Gasteiger charge is 2.34. The van der Waals surface area contributed by atoms with Crippen LogP contribution in [0, 0.1) is 0 Å². The van der Waals surface area contributed by atoms with Crippen LogP contribution in [-0.2, 0) is 6.54 Å². The Morgan fingerprint density at radius 3 is 2.79 bits per heavy atom. The highest BCUT2D eigenvalue weighted by molar-refractivity contribution is 8.24. The van der Waals surface area contributed by atoms with E-state index < -0.39 is 28.8 Å². The van der Waals surface area contributed by atoms with Crippen LogP contribution in [0.15, 0.2) is 53.7 Å². The van der Waals surface area contributed by atoms with Gasteiger partial charge in [-0.2, -0.15) is 10.6 Å². The molecule has 2 aliphatic heterocycles. The van der Waals surface area contributed by atoms with E-state index in [0.29, 0.717) is 35.9 Å². The summed E-state index contributed by atoms with van der Waals surface area (Å²) in [6.45, 7) is 1.46. The number of nitrogens with one attached hydrogen (secondary N) is 1. The number of aliphatic hydroxyl groups is 1. The monoisotopic (exact) mass is 471 g/mol. The number of aliphatic hydroxyl groups excluding tert-OH is 1. The number of fused-ring (bicyclic) bond motifs is 2. The highest BCUT2D eigenvalue weighted by Crippen LogP contribution is 2.51. The van der Waals surface area contributed by atoms with Crippen LogP contribution in [0.5, 0.6) is 0 Å². The lowest BCUT2D eigenvalue weighted by atomic mass is 10.2. The summed E-state index contributed by atoms with van der Waals surface area (Å²) in [6, 6.07) is 10.4. The van der Waals surface area contributed by atoms with E-state index in [0.717, 1.165) is 16.6 Å². The molecule has 10 nitrogen and oxygen atoms in total. The maximum atomic E-state index is 11.1. The molecule has 2 aliphatic rings. The molecule has 5 rings (SSSR count). The summed E-state index contributed by atoms with van der Waals surface area (Å²) in [4.78, 5) is 24.7. The second-order valence-corrected chi connectivity index (χ2v) is 10.5. The molecule has 3 aromatic rings. The molecule has 1 aromatic carbocycles. The Morgan fingerprint density at radius 2 is 1.97 bits per heavy atom. The number of carboxylic acid groups (broad SMARTS) is 1. The Morgan fingerprint density at radius 1 is 1.15 bits per heavy atom. The molecule has 2 unspecified atom stereocenters. The molecule has 174 valence electrons. The molecule has 0 bridgehead atoms. The van der Waals surface area contributed by atoms with Crippen LogP contribution in [-0.4, -0.2) is 72.9 Å². The van der Waals surface area contributed by atoms with Gasteiger partial charge in [-0.1, -0.05) is 18.2 Å². The van der Waals surface area contributed by atoms with Gasteiger partial charge in [-0.05, 0) is 17.7 Å². The maximum Gasteiger partial charge on any atom is 0.405 e. The minimum absolute atomic E-state index is 0.197. The van der Waals surface area contributed by atoms with Gasteiger partial charge in [-0.25, -0.2) is 9.78 Å². The third kappa shape index (κ3) is 4.15. The molecule has 2 aromatic heterocycles. The smallest absolute Gasteiger partial charge is 0.405 e. The van der Waals surface area contributed by atoms with Crippen molar-refractivity contribution in [3.8, 4) is 0 Å². The zero-order valence-electron chi connectivity index (χ0n) is 17.7. The average molecular weight is 472 g/mol. The standard InChI is InChI=1S/C22H25N5O5S/c28-19-13-27(12-17(19)25-22(29)30)18-9-21(24-16-5-6-23-10-15(16)18)26-7-8-33(31,32)20-4-2-1-3-14(20)11-26/h1-6,9-10,17,19,25,28,31-32H,7-8,11-13H2,(H,29,30). The first-order chi connectivity index (χ1) is 15.8. The van der Waals surface area contributed by atoms with Gasteiger partial charge in [0.1, 0.15) is 5.82 Å². The Bertz CT molecular complexity index is 1210. The van der Waals surface area contributed by atoms with Crippen molar-refractivity contribution in [2.75, 3.05) is 35.2 Å². The van der Waals surface area contributed by atoms with Crippen molar-refractivity contribution in [3.63, 3.8) is 0 Å². The molecule has 2 atom stereocenters. The molecular weight excluding hydrogens is 446 g/mol. The third-order valence-electron chi connectivity index (χ3n) is 6.17. The van der Waals surface area contributed by atoms with E-state index in [1.165, 1.54) is 0 Å². The van der Waals surface area contributed by atoms with Gasteiger partial charge in [-0.15, -0.1) is 0 Å². The summed E-state index contributed by atoms with van der Waals surface area (Å²) >= 11 is 0. The van der Waals surface area contributed by atoms with Crippen molar-refractivity contribution >= 4 is 39.1 Å². The van der Waals surface area contributed by atoms with Gasteiger partial charge in [0.25, 0.3) is 0 Å². The Balaban J connectivity index is 1.54. The number of nitrogens with zero attached hydrogens (tertiary/aromatic N) is 4. The minimum Gasteiger partial charge on any atom is -0.465 e. The zero-order chi connectivity index (χ0) is 23.2.